The van der Waals surface area contributed by atoms with Crippen LogP contribution >= 0.6 is 11.6 Å². The van der Waals surface area contributed by atoms with Crippen molar-refractivity contribution in [2.24, 2.45) is 0 Å². The summed E-state index contributed by atoms with van der Waals surface area (Å²) in [6.45, 7) is -1.08. The summed E-state index contributed by atoms with van der Waals surface area (Å²) in [5.74, 6) is -3.07. The van der Waals surface area contributed by atoms with Crippen molar-refractivity contribution in [2.45, 2.75) is 11.5 Å². The number of halogens is 3. The number of likely N-dealkylation sites (N-methyl/N-ethyl adjacent to an activating group) is 1. The highest BCUT2D eigenvalue weighted by Gasteiger charge is 2.23. The van der Waals surface area contributed by atoms with Crippen LogP contribution in [0.5, 0.6) is 0 Å². The van der Waals surface area contributed by atoms with E-state index in [-0.39, 0.29) is 10.5 Å². The topological polar surface area (TPSA) is 63.7 Å². The Kier molecular flexibility index (Phi) is 6.10. The van der Waals surface area contributed by atoms with Crippen molar-refractivity contribution in [2.75, 3.05) is 13.6 Å². The summed E-state index contributed by atoms with van der Waals surface area (Å²) in [5, 5.41) is 0.373. The summed E-state index contributed by atoms with van der Waals surface area (Å²) in [5.41, 5.74) is -0.142. The number of rotatable bonds is 6. The van der Waals surface area contributed by atoms with Crippen molar-refractivity contribution in [3.05, 3.63) is 64.7 Å². The van der Waals surface area contributed by atoms with E-state index in [0.29, 0.717) is 5.02 Å². The highest BCUT2D eigenvalue weighted by atomic mass is 35.5. The van der Waals surface area contributed by atoms with Gasteiger partial charge in [-0.25, -0.2) is 17.2 Å². The molecular formula is C16H14ClF2NO4S. The Morgan fingerprint density at radius 2 is 1.80 bits per heavy atom. The van der Waals surface area contributed by atoms with Crippen LogP contribution in [-0.2, 0) is 26.2 Å². The molecule has 2 aromatic carbocycles. The van der Waals surface area contributed by atoms with Gasteiger partial charge in [-0.2, -0.15) is 4.31 Å². The molecule has 9 heteroatoms. The fourth-order valence-electron chi connectivity index (χ4n) is 1.92. The van der Waals surface area contributed by atoms with E-state index in [2.05, 4.69) is 0 Å². The summed E-state index contributed by atoms with van der Waals surface area (Å²) >= 11 is 5.71. The Bertz CT molecular complexity index is 872. The van der Waals surface area contributed by atoms with E-state index < -0.39 is 40.8 Å². The lowest BCUT2D eigenvalue weighted by atomic mass is 10.2. The first-order valence-electron chi connectivity index (χ1n) is 7.02. The normalized spacial score (nSPS) is 11.6. The number of hydrogen-bond donors (Lipinski definition) is 0. The average Bonchev–Trinajstić information content (AvgIpc) is 2.56. The number of sulfonamides is 1. The SMILES string of the molecule is CN(CC(=O)OCc1cccc(F)c1F)S(=O)(=O)c1ccc(Cl)cc1. The van der Waals surface area contributed by atoms with Crippen LogP contribution in [-0.4, -0.2) is 32.3 Å². The maximum atomic E-state index is 13.5. The lowest BCUT2D eigenvalue weighted by Crippen LogP contribution is -2.33. The van der Waals surface area contributed by atoms with Gasteiger partial charge in [0.25, 0.3) is 0 Å². The zero-order valence-electron chi connectivity index (χ0n) is 13.1. The Hall–Kier alpha value is -2.03. The van der Waals surface area contributed by atoms with E-state index in [1.54, 1.807) is 0 Å². The molecule has 0 saturated carbocycles. The molecule has 2 aromatic rings. The van der Waals surface area contributed by atoms with Crippen molar-refractivity contribution in [1.82, 2.24) is 4.31 Å². The molecule has 0 aromatic heterocycles. The van der Waals surface area contributed by atoms with E-state index in [1.165, 1.54) is 43.4 Å². The number of nitrogens with zero attached hydrogens (tertiary/aromatic N) is 1. The molecule has 0 radical (unpaired) electrons. The Morgan fingerprint density at radius 1 is 1.16 bits per heavy atom. The maximum Gasteiger partial charge on any atom is 0.321 e. The van der Waals surface area contributed by atoms with Crippen LogP contribution in [0.4, 0.5) is 8.78 Å². The van der Waals surface area contributed by atoms with E-state index in [4.69, 9.17) is 16.3 Å². The molecule has 0 unspecified atom stereocenters. The van der Waals surface area contributed by atoms with Crippen LogP contribution in [0.1, 0.15) is 5.56 Å². The molecule has 0 aliphatic heterocycles. The zero-order valence-corrected chi connectivity index (χ0v) is 14.7. The third-order valence-electron chi connectivity index (χ3n) is 3.29. The molecule has 0 aliphatic carbocycles. The van der Waals surface area contributed by atoms with Gasteiger partial charge in [0.1, 0.15) is 13.2 Å². The number of hydrogen-bond acceptors (Lipinski definition) is 4. The summed E-state index contributed by atoms with van der Waals surface area (Å²) < 4.78 is 56.8. The van der Waals surface area contributed by atoms with Gasteiger partial charge in [0.05, 0.1) is 4.90 Å². The van der Waals surface area contributed by atoms with Crippen molar-refractivity contribution >= 4 is 27.6 Å². The van der Waals surface area contributed by atoms with Gasteiger partial charge in [0, 0.05) is 17.6 Å². The highest BCUT2D eigenvalue weighted by molar-refractivity contribution is 7.89. The van der Waals surface area contributed by atoms with Crippen LogP contribution in [0.2, 0.25) is 5.02 Å². The first-order chi connectivity index (χ1) is 11.7. The molecule has 0 heterocycles. The van der Waals surface area contributed by atoms with Gasteiger partial charge in [-0.1, -0.05) is 23.7 Å². The summed E-state index contributed by atoms with van der Waals surface area (Å²) in [6, 6.07) is 8.91. The standard InChI is InChI=1S/C16H14ClF2NO4S/c1-20(25(22,23)13-7-5-12(17)6-8-13)9-15(21)24-10-11-3-2-4-14(18)16(11)19/h2-8H,9-10H2,1H3. The molecule has 0 saturated heterocycles. The monoisotopic (exact) mass is 389 g/mol. The molecule has 0 spiro atoms. The Balaban J connectivity index is 1.99. The van der Waals surface area contributed by atoms with E-state index >= 15 is 0 Å². The second-order valence-electron chi connectivity index (χ2n) is 5.09. The highest BCUT2D eigenvalue weighted by Crippen LogP contribution is 2.18. The second kappa shape index (κ2) is 7.90. The molecule has 2 rings (SSSR count). The van der Waals surface area contributed by atoms with E-state index in [9.17, 15) is 22.0 Å². The van der Waals surface area contributed by atoms with Crippen LogP contribution < -0.4 is 0 Å². The van der Waals surface area contributed by atoms with Crippen LogP contribution in [0.3, 0.4) is 0 Å². The van der Waals surface area contributed by atoms with E-state index in [1.807, 2.05) is 0 Å². The molecule has 134 valence electrons. The molecule has 0 atom stereocenters. The fraction of sp³-hybridized carbons (Fsp3) is 0.188. The lowest BCUT2D eigenvalue weighted by molar-refractivity contribution is -0.145. The van der Waals surface area contributed by atoms with Gasteiger partial charge in [-0.15, -0.1) is 0 Å². The van der Waals surface area contributed by atoms with Gasteiger partial charge in [-0.3, -0.25) is 4.79 Å². The lowest BCUT2D eigenvalue weighted by Gasteiger charge is -2.16. The minimum absolute atomic E-state index is 0.0385. The number of benzene rings is 2. The quantitative estimate of drug-likeness (QED) is 0.712. The molecule has 0 bridgehead atoms. The minimum atomic E-state index is -3.91. The summed E-state index contributed by atoms with van der Waals surface area (Å²) in [4.78, 5) is 11.8. The fourth-order valence-corrected chi connectivity index (χ4v) is 3.16. The maximum absolute atomic E-state index is 13.5. The first-order valence-corrected chi connectivity index (χ1v) is 8.84. The molecular weight excluding hydrogens is 376 g/mol. The molecule has 0 fully saturated rings. The second-order valence-corrected chi connectivity index (χ2v) is 7.57. The van der Waals surface area contributed by atoms with Crippen LogP contribution in [0.15, 0.2) is 47.4 Å². The smallest absolute Gasteiger partial charge is 0.321 e. The van der Waals surface area contributed by atoms with Crippen molar-refractivity contribution in [3.8, 4) is 0 Å². The van der Waals surface area contributed by atoms with Gasteiger partial charge in [0.2, 0.25) is 10.0 Å². The molecule has 0 amide bonds. The number of carbonyl (C=O) groups excluding carboxylic acids is 1. The van der Waals surface area contributed by atoms with Gasteiger partial charge >= 0.3 is 5.97 Å². The molecule has 25 heavy (non-hydrogen) atoms. The van der Waals surface area contributed by atoms with Gasteiger partial charge in [-0.05, 0) is 30.3 Å². The Morgan fingerprint density at radius 3 is 2.44 bits per heavy atom. The average molecular weight is 390 g/mol. The minimum Gasteiger partial charge on any atom is -0.460 e. The van der Waals surface area contributed by atoms with Crippen molar-refractivity contribution < 1.29 is 26.7 Å². The Labute approximate surface area is 148 Å². The number of ether oxygens (including phenoxy) is 1. The predicted molar refractivity (Wildman–Crippen MR) is 87.4 cm³/mol. The van der Waals surface area contributed by atoms with Crippen LogP contribution in [0.25, 0.3) is 0 Å². The van der Waals surface area contributed by atoms with E-state index in [0.717, 1.165) is 10.4 Å². The predicted octanol–water partition coefficient (Wildman–Crippen LogP) is 2.98. The van der Waals surface area contributed by atoms with Gasteiger partial charge in [0.15, 0.2) is 11.6 Å². The van der Waals surface area contributed by atoms with Crippen molar-refractivity contribution in [3.63, 3.8) is 0 Å². The first kappa shape index (κ1) is 19.3. The summed E-state index contributed by atoms with van der Waals surface area (Å²) in [6.07, 6.45) is 0. The van der Waals surface area contributed by atoms with Crippen LogP contribution in [0, 0.1) is 11.6 Å². The number of carbonyl (C=O) groups is 1. The third kappa shape index (κ3) is 4.75. The molecule has 5 nitrogen and oxygen atoms in total. The van der Waals surface area contributed by atoms with Gasteiger partial charge < -0.3 is 4.74 Å². The summed E-state index contributed by atoms with van der Waals surface area (Å²) in [7, 11) is -2.71. The largest absolute Gasteiger partial charge is 0.460 e. The third-order valence-corrected chi connectivity index (χ3v) is 5.36. The zero-order chi connectivity index (χ0) is 18.6. The molecule has 0 N–H and O–H groups in total. The van der Waals surface area contributed by atoms with Crippen molar-refractivity contribution in [1.29, 1.82) is 0 Å². The number of esters is 1. The molecule has 0 aliphatic rings.